The number of nitrogens with zero attached hydrogens (tertiary/aromatic N) is 3. The number of piperidine rings is 3. The number of carbonyl (C=O) groups excluding carboxylic acids is 1. The average molecular weight is 294 g/mol. The monoisotopic (exact) mass is 294 g/mol. The third-order valence-corrected chi connectivity index (χ3v) is 5.01. The number of fused-ring (bicyclic) bond motifs is 4. The molecule has 1 atom stereocenters. The first-order valence-electron chi connectivity index (χ1n) is 7.78. The third kappa shape index (κ3) is 2.16. The minimum Gasteiger partial charge on any atom is -0.348 e. The number of pyridine rings is 1. The van der Waals surface area contributed by atoms with E-state index in [0.717, 1.165) is 12.1 Å². The number of rotatable bonds is 2. The second kappa shape index (κ2) is 5.15. The van der Waals surface area contributed by atoms with E-state index >= 15 is 0 Å². The van der Waals surface area contributed by atoms with Crippen LogP contribution in [0.3, 0.4) is 0 Å². The van der Waals surface area contributed by atoms with Gasteiger partial charge in [0.1, 0.15) is 6.07 Å². The van der Waals surface area contributed by atoms with Gasteiger partial charge in [-0.3, -0.25) is 4.79 Å². The Bertz CT molecular complexity index is 765. The number of hydrogen-bond donors (Lipinski definition) is 1. The molecule has 3 fully saturated rings. The number of nitrogens with one attached hydrogen (secondary N) is 1. The first kappa shape index (κ1) is 13.4. The Morgan fingerprint density at radius 3 is 2.77 bits per heavy atom. The maximum absolute atomic E-state index is 12.5. The molecule has 0 saturated carbocycles. The molecule has 0 aromatic carbocycles. The smallest absolute Gasteiger partial charge is 0.253 e. The molecule has 1 unspecified atom stereocenters. The second-order valence-corrected chi connectivity index (χ2v) is 6.27. The molecule has 2 aromatic rings. The van der Waals surface area contributed by atoms with Gasteiger partial charge in [0.25, 0.3) is 5.91 Å². The molecule has 1 N–H and O–H groups in total. The lowest BCUT2D eigenvalue weighted by Crippen LogP contribution is -2.57. The Hall–Kier alpha value is -2.32. The Balaban J connectivity index is 1.54. The zero-order valence-electron chi connectivity index (χ0n) is 12.3. The number of aromatic nitrogens is 1. The highest BCUT2D eigenvalue weighted by atomic mass is 16.1. The van der Waals surface area contributed by atoms with Crippen molar-refractivity contribution in [3.8, 4) is 6.07 Å². The number of amides is 1. The van der Waals surface area contributed by atoms with Crippen LogP contribution in [0, 0.1) is 17.2 Å². The van der Waals surface area contributed by atoms with Crippen LogP contribution in [0.15, 0.2) is 30.6 Å². The Morgan fingerprint density at radius 1 is 1.27 bits per heavy atom. The van der Waals surface area contributed by atoms with Crippen LogP contribution in [0.25, 0.3) is 5.52 Å². The Morgan fingerprint density at radius 2 is 2.09 bits per heavy atom. The van der Waals surface area contributed by atoms with Crippen molar-refractivity contribution in [2.24, 2.45) is 5.92 Å². The van der Waals surface area contributed by atoms with Crippen LogP contribution in [-0.4, -0.2) is 40.9 Å². The molecule has 1 amide bonds. The van der Waals surface area contributed by atoms with E-state index in [0.29, 0.717) is 17.0 Å². The zero-order chi connectivity index (χ0) is 15.1. The molecule has 2 bridgehead atoms. The van der Waals surface area contributed by atoms with Gasteiger partial charge in [-0.05, 0) is 50.0 Å². The molecule has 0 radical (unpaired) electrons. The lowest BCUT2D eigenvalue weighted by Gasteiger charge is -2.44. The van der Waals surface area contributed by atoms with Crippen LogP contribution in [0.5, 0.6) is 0 Å². The van der Waals surface area contributed by atoms with E-state index in [4.69, 9.17) is 5.26 Å². The summed E-state index contributed by atoms with van der Waals surface area (Å²) in [7, 11) is 0. The quantitative estimate of drug-likeness (QED) is 0.916. The Kier molecular flexibility index (Phi) is 3.12. The fourth-order valence-electron chi connectivity index (χ4n) is 3.72. The number of hydrogen-bond acceptors (Lipinski definition) is 3. The van der Waals surface area contributed by atoms with Gasteiger partial charge in [0.05, 0.1) is 16.6 Å². The third-order valence-electron chi connectivity index (χ3n) is 5.01. The molecule has 5 rings (SSSR count). The molecular formula is C17H18N4O. The summed E-state index contributed by atoms with van der Waals surface area (Å²) in [5.41, 5.74) is 2.11. The summed E-state index contributed by atoms with van der Waals surface area (Å²) in [6.45, 7) is 3.31. The largest absolute Gasteiger partial charge is 0.348 e. The average Bonchev–Trinajstić information content (AvgIpc) is 2.98. The minimum absolute atomic E-state index is 0.0205. The van der Waals surface area contributed by atoms with Crippen molar-refractivity contribution in [2.75, 3.05) is 19.6 Å². The van der Waals surface area contributed by atoms with Crippen molar-refractivity contribution in [1.82, 2.24) is 14.6 Å². The van der Waals surface area contributed by atoms with Crippen LogP contribution >= 0.6 is 0 Å². The maximum Gasteiger partial charge on any atom is 0.253 e. The Labute approximate surface area is 129 Å². The maximum atomic E-state index is 12.5. The van der Waals surface area contributed by atoms with E-state index in [1.54, 1.807) is 18.3 Å². The van der Waals surface area contributed by atoms with Crippen molar-refractivity contribution in [3.05, 3.63) is 41.7 Å². The van der Waals surface area contributed by atoms with Gasteiger partial charge in [0.2, 0.25) is 0 Å². The summed E-state index contributed by atoms with van der Waals surface area (Å²) < 4.78 is 1.84. The van der Waals surface area contributed by atoms with Crippen molar-refractivity contribution in [2.45, 2.75) is 18.9 Å². The topological polar surface area (TPSA) is 60.5 Å². The van der Waals surface area contributed by atoms with Gasteiger partial charge in [0, 0.05) is 25.0 Å². The predicted octanol–water partition coefficient (Wildman–Crippen LogP) is 1.63. The lowest BCUT2D eigenvalue weighted by molar-refractivity contribution is 0.0620. The van der Waals surface area contributed by atoms with Crippen LogP contribution in [-0.2, 0) is 0 Å². The highest BCUT2D eigenvalue weighted by molar-refractivity contribution is 5.94. The fourth-order valence-corrected chi connectivity index (χ4v) is 3.72. The first-order chi connectivity index (χ1) is 10.7. The van der Waals surface area contributed by atoms with Crippen LogP contribution in [0.1, 0.15) is 28.8 Å². The molecule has 5 heteroatoms. The van der Waals surface area contributed by atoms with E-state index in [9.17, 15) is 4.79 Å². The summed E-state index contributed by atoms with van der Waals surface area (Å²) in [4.78, 5) is 14.9. The summed E-state index contributed by atoms with van der Waals surface area (Å²) in [5, 5.41) is 12.2. The molecular weight excluding hydrogens is 276 g/mol. The van der Waals surface area contributed by atoms with Crippen molar-refractivity contribution in [3.63, 3.8) is 0 Å². The minimum atomic E-state index is -0.0205. The van der Waals surface area contributed by atoms with Gasteiger partial charge in [-0.15, -0.1) is 0 Å². The van der Waals surface area contributed by atoms with Gasteiger partial charge in [0.15, 0.2) is 0 Å². The predicted molar refractivity (Wildman–Crippen MR) is 82.5 cm³/mol. The van der Waals surface area contributed by atoms with Gasteiger partial charge < -0.3 is 14.6 Å². The summed E-state index contributed by atoms with van der Waals surface area (Å²) in [6, 6.07) is 7.83. The molecule has 3 aliphatic heterocycles. The van der Waals surface area contributed by atoms with Crippen molar-refractivity contribution in [1.29, 1.82) is 5.26 Å². The highest BCUT2D eigenvalue weighted by Crippen LogP contribution is 2.27. The van der Waals surface area contributed by atoms with Gasteiger partial charge in [-0.2, -0.15) is 5.26 Å². The van der Waals surface area contributed by atoms with Gasteiger partial charge in [-0.25, -0.2) is 0 Å². The zero-order valence-corrected chi connectivity index (χ0v) is 12.3. The standard InChI is InChI=1S/C17H18N4O/c18-9-13-5-8-21-10-14(1-2-16(13)21)17(22)19-15-11-20-6-3-12(15)4-7-20/h1-2,5,8,10,12,15H,3-4,6-7,11H2,(H,19,22). The van der Waals surface area contributed by atoms with E-state index in [2.05, 4.69) is 16.3 Å². The highest BCUT2D eigenvalue weighted by Gasteiger charge is 2.34. The number of nitriles is 1. The van der Waals surface area contributed by atoms with Gasteiger partial charge >= 0.3 is 0 Å². The van der Waals surface area contributed by atoms with Gasteiger partial charge in [-0.1, -0.05) is 0 Å². The van der Waals surface area contributed by atoms with E-state index < -0.39 is 0 Å². The van der Waals surface area contributed by atoms with Crippen molar-refractivity contribution >= 4 is 11.4 Å². The summed E-state index contributed by atoms with van der Waals surface area (Å²) >= 11 is 0. The van der Waals surface area contributed by atoms with E-state index in [-0.39, 0.29) is 11.9 Å². The van der Waals surface area contributed by atoms with Crippen LogP contribution in [0.2, 0.25) is 0 Å². The molecule has 2 aromatic heterocycles. The molecule has 0 spiro atoms. The van der Waals surface area contributed by atoms with Crippen LogP contribution < -0.4 is 5.32 Å². The molecule has 112 valence electrons. The second-order valence-electron chi connectivity index (χ2n) is 6.27. The molecule has 3 aliphatic rings. The fraction of sp³-hybridized carbons (Fsp3) is 0.412. The lowest BCUT2D eigenvalue weighted by atomic mass is 9.84. The molecule has 3 saturated heterocycles. The normalized spacial score (nSPS) is 26.8. The molecule has 22 heavy (non-hydrogen) atoms. The summed E-state index contributed by atoms with van der Waals surface area (Å²) in [5.74, 6) is 0.599. The van der Waals surface area contributed by atoms with Crippen molar-refractivity contribution < 1.29 is 4.79 Å². The molecule has 5 nitrogen and oxygen atoms in total. The molecule has 0 aliphatic carbocycles. The van der Waals surface area contributed by atoms with E-state index in [1.807, 2.05) is 16.7 Å². The summed E-state index contributed by atoms with van der Waals surface area (Å²) in [6.07, 6.45) is 5.99. The van der Waals surface area contributed by atoms with E-state index in [1.165, 1.54) is 25.9 Å². The first-order valence-corrected chi connectivity index (χ1v) is 7.78. The van der Waals surface area contributed by atoms with Crippen LogP contribution in [0.4, 0.5) is 0 Å². The SMILES string of the molecule is N#Cc1ccn2cc(C(=O)NC3CN4CCC3CC4)ccc12. The number of carbonyl (C=O) groups is 1. The molecule has 5 heterocycles.